The van der Waals surface area contributed by atoms with Crippen LogP contribution in [-0.2, 0) is 20.9 Å². The van der Waals surface area contributed by atoms with Crippen LogP contribution in [0.1, 0.15) is 48.5 Å². The zero-order chi connectivity index (χ0) is 20.6. The number of phenolic OH excluding ortho intramolecular Hbond substituents is 1. The lowest BCUT2D eigenvalue weighted by Crippen LogP contribution is -2.29. The van der Waals surface area contributed by atoms with E-state index in [-0.39, 0.29) is 35.9 Å². The molecule has 0 saturated heterocycles. The molecule has 0 aliphatic heterocycles. The van der Waals surface area contributed by atoms with Crippen molar-refractivity contribution in [2.75, 3.05) is 6.61 Å². The van der Waals surface area contributed by atoms with E-state index in [1.807, 2.05) is 30.3 Å². The molecular weight excluding hydrogens is 372 g/mol. The summed E-state index contributed by atoms with van der Waals surface area (Å²) in [6.45, 7) is 2.34. The molecule has 29 heavy (non-hydrogen) atoms. The van der Waals surface area contributed by atoms with E-state index >= 15 is 0 Å². The third kappa shape index (κ3) is 5.73. The van der Waals surface area contributed by atoms with Gasteiger partial charge in [-0.05, 0) is 50.3 Å². The van der Waals surface area contributed by atoms with Gasteiger partial charge in [0.25, 0.3) is 0 Å². The zero-order valence-corrected chi connectivity index (χ0v) is 16.5. The highest BCUT2D eigenvalue weighted by Gasteiger charge is 2.28. The number of hydrogen-bond acceptors (Lipinski definition) is 6. The fraction of sp³-hybridized carbons (Fsp3) is 0.391. The maximum Gasteiger partial charge on any atom is 0.342 e. The smallest absolute Gasteiger partial charge is 0.342 e. The minimum absolute atomic E-state index is 0.0315. The van der Waals surface area contributed by atoms with E-state index in [0.29, 0.717) is 12.4 Å². The van der Waals surface area contributed by atoms with E-state index in [4.69, 9.17) is 14.2 Å². The molecule has 1 saturated carbocycles. The molecule has 6 heteroatoms. The van der Waals surface area contributed by atoms with Crippen LogP contribution in [0.3, 0.4) is 0 Å². The van der Waals surface area contributed by atoms with Gasteiger partial charge in [-0.2, -0.15) is 0 Å². The molecular formula is C23H26O6. The number of carbonyl (C=O) groups excluding carboxylic acids is 2. The number of hydrogen-bond donors (Lipinski definition) is 1. The molecule has 1 aliphatic carbocycles. The number of carbonyl (C=O) groups is 2. The molecule has 0 radical (unpaired) electrons. The Hall–Kier alpha value is -3.02. The van der Waals surface area contributed by atoms with Gasteiger partial charge in [0.05, 0.1) is 18.6 Å². The highest BCUT2D eigenvalue weighted by atomic mass is 16.5. The second kappa shape index (κ2) is 9.96. The van der Waals surface area contributed by atoms with Crippen molar-refractivity contribution in [1.82, 2.24) is 0 Å². The Labute approximate surface area is 170 Å². The number of benzene rings is 2. The van der Waals surface area contributed by atoms with E-state index in [0.717, 1.165) is 31.2 Å². The van der Waals surface area contributed by atoms with Crippen molar-refractivity contribution >= 4 is 11.9 Å². The molecule has 2 aromatic carbocycles. The van der Waals surface area contributed by atoms with Crippen LogP contribution in [0.2, 0.25) is 0 Å². The molecule has 2 aromatic rings. The summed E-state index contributed by atoms with van der Waals surface area (Å²) in [6.07, 6.45) is 2.89. The SMILES string of the molecule is CCOC(=O)C1CCC(Oc2ccc(C(=O)OCc3ccccc3)c(O)c2)CC1. The number of aromatic hydroxyl groups is 1. The Balaban J connectivity index is 1.52. The number of ether oxygens (including phenoxy) is 3. The van der Waals surface area contributed by atoms with Gasteiger partial charge in [-0.1, -0.05) is 30.3 Å². The number of esters is 2. The van der Waals surface area contributed by atoms with Gasteiger partial charge < -0.3 is 19.3 Å². The minimum Gasteiger partial charge on any atom is -0.507 e. The first kappa shape index (κ1) is 20.7. The van der Waals surface area contributed by atoms with E-state index in [9.17, 15) is 14.7 Å². The molecule has 0 atom stereocenters. The van der Waals surface area contributed by atoms with E-state index < -0.39 is 5.97 Å². The third-order valence-corrected chi connectivity index (χ3v) is 5.00. The predicted octanol–water partition coefficient (Wildman–Crippen LogP) is 4.25. The summed E-state index contributed by atoms with van der Waals surface area (Å²) in [5, 5.41) is 10.2. The van der Waals surface area contributed by atoms with Gasteiger partial charge in [-0.25, -0.2) is 4.79 Å². The van der Waals surface area contributed by atoms with Crippen molar-refractivity contribution in [2.45, 2.75) is 45.3 Å². The molecule has 6 nitrogen and oxygen atoms in total. The molecule has 1 aliphatic rings. The van der Waals surface area contributed by atoms with Gasteiger partial charge >= 0.3 is 11.9 Å². The van der Waals surface area contributed by atoms with Crippen LogP contribution in [0, 0.1) is 5.92 Å². The number of rotatable bonds is 7. The summed E-state index contributed by atoms with van der Waals surface area (Å²) in [5.41, 5.74) is 0.970. The molecule has 0 unspecified atom stereocenters. The van der Waals surface area contributed by atoms with E-state index in [1.165, 1.54) is 12.1 Å². The topological polar surface area (TPSA) is 82.1 Å². The van der Waals surface area contributed by atoms with Crippen molar-refractivity contribution in [2.24, 2.45) is 5.92 Å². The van der Waals surface area contributed by atoms with Crippen LogP contribution < -0.4 is 4.74 Å². The molecule has 0 amide bonds. The molecule has 154 valence electrons. The summed E-state index contributed by atoms with van der Waals surface area (Å²) in [7, 11) is 0. The van der Waals surface area contributed by atoms with Gasteiger partial charge in [0, 0.05) is 6.07 Å². The Bertz CT molecular complexity index is 825. The van der Waals surface area contributed by atoms with Crippen LogP contribution in [0.5, 0.6) is 11.5 Å². The Morgan fingerprint density at radius 2 is 1.72 bits per heavy atom. The van der Waals surface area contributed by atoms with Crippen molar-refractivity contribution in [3.63, 3.8) is 0 Å². The van der Waals surface area contributed by atoms with E-state index in [1.54, 1.807) is 13.0 Å². The predicted molar refractivity (Wildman–Crippen MR) is 107 cm³/mol. The molecule has 1 fully saturated rings. The van der Waals surface area contributed by atoms with E-state index in [2.05, 4.69) is 0 Å². The van der Waals surface area contributed by atoms with Gasteiger partial charge in [0.15, 0.2) is 0 Å². The van der Waals surface area contributed by atoms with Crippen molar-refractivity contribution in [1.29, 1.82) is 0 Å². The average molecular weight is 398 g/mol. The molecule has 0 heterocycles. The highest BCUT2D eigenvalue weighted by molar-refractivity contribution is 5.92. The number of phenols is 1. The fourth-order valence-electron chi connectivity index (χ4n) is 3.43. The lowest BCUT2D eigenvalue weighted by atomic mass is 9.87. The average Bonchev–Trinajstić information content (AvgIpc) is 2.73. The second-order valence-electron chi connectivity index (χ2n) is 7.08. The second-order valence-corrected chi connectivity index (χ2v) is 7.08. The quantitative estimate of drug-likeness (QED) is 0.702. The normalized spacial score (nSPS) is 18.7. The van der Waals surface area contributed by atoms with Gasteiger partial charge in [0.1, 0.15) is 23.7 Å². The Morgan fingerprint density at radius 1 is 1.00 bits per heavy atom. The van der Waals surface area contributed by atoms with Gasteiger partial charge in [-0.3, -0.25) is 4.79 Å². The standard InChI is InChI=1S/C23H26O6/c1-2-27-22(25)17-8-10-18(11-9-17)29-19-12-13-20(21(24)14-19)23(26)28-15-16-6-4-3-5-7-16/h3-7,12-14,17-18,24H,2,8-11,15H2,1H3. The minimum atomic E-state index is -0.590. The summed E-state index contributed by atoms with van der Waals surface area (Å²) in [6, 6.07) is 13.9. The molecule has 0 bridgehead atoms. The van der Waals surface area contributed by atoms with Crippen molar-refractivity contribution in [3.05, 3.63) is 59.7 Å². The summed E-state index contributed by atoms with van der Waals surface area (Å²) < 4.78 is 16.3. The maximum absolute atomic E-state index is 12.2. The van der Waals surface area contributed by atoms with Crippen LogP contribution in [-0.4, -0.2) is 29.8 Å². The van der Waals surface area contributed by atoms with Crippen molar-refractivity contribution in [3.8, 4) is 11.5 Å². The van der Waals surface area contributed by atoms with Crippen LogP contribution >= 0.6 is 0 Å². The first-order valence-corrected chi connectivity index (χ1v) is 9.94. The Morgan fingerprint density at radius 3 is 2.38 bits per heavy atom. The lowest BCUT2D eigenvalue weighted by molar-refractivity contribution is -0.149. The molecule has 3 rings (SSSR count). The maximum atomic E-state index is 12.2. The molecule has 1 N–H and O–H groups in total. The lowest BCUT2D eigenvalue weighted by Gasteiger charge is -2.27. The van der Waals surface area contributed by atoms with Gasteiger partial charge in [-0.15, -0.1) is 0 Å². The van der Waals surface area contributed by atoms with Crippen LogP contribution in [0.4, 0.5) is 0 Å². The summed E-state index contributed by atoms with van der Waals surface area (Å²) >= 11 is 0. The highest BCUT2D eigenvalue weighted by Crippen LogP contribution is 2.31. The summed E-state index contributed by atoms with van der Waals surface area (Å²) in [4.78, 5) is 24.0. The molecule has 0 aromatic heterocycles. The molecule has 0 spiro atoms. The van der Waals surface area contributed by atoms with Crippen LogP contribution in [0.25, 0.3) is 0 Å². The monoisotopic (exact) mass is 398 g/mol. The first-order valence-electron chi connectivity index (χ1n) is 9.94. The largest absolute Gasteiger partial charge is 0.507 e. The fourth-order valence-corrected chi connectivity index (χ4v) is 3.43. The Kier molecular flexibility index (Phi) is 7.11. The third-order valence-electron chi connectivity index (χ3n) is 5.00. The van der Waals surface area contributed by atoms with Crippen molar-refractivity contribution < 1.29 is 28.9 Å². The van der Waals surface area contributed by atoms with Gasteiger partial charge in [0.2, 0.25) is 0 Å². The van der Waals surface area contributed by atoms with Crippen LogP contribution in [0.15, 0.2) is 48.5 Å². The summed E-state index contributed by atoms with van der Waals surface area (Å²) in [5.74, 6) is -0.484. The first-order chi connectivity index (χ1) is 14.1. The zero-order valence-electron chi connectivity index (χ0n) is 16.5.